The summed E-state index contributed by atoms with van der Waals surface area (Å²) in [4.78, 5) is 0. The third-order valence-electron chi connectivity index (χ3n) is 2.16. The molecule has 0 atom stereocenters. The number of nitrogen functional groups attached to an aromatic ring is 1. The van der Waals surface area contributed by atoms with E-state index >= 15 is 0 Å². The standard InChI is InChI=1S/C11H10F6N2O2/c12-10(13,14)4-20-5-21-8-2-1-6(9(18)19)3-7(8)11(15,16)17/h1-3H,4-5H2,(H3,18,19). The summed E-state index contributed by atoms with van der Waals surface area (Å²) >= 11 is 0. The molecule has 0 bridgehead atoms. The SMILES string of the molecule is N=C(N)c1ccc(OCOCC(F)(F)F)c(C(F)(F)F)c1. The number of nitrogens with two attached hydrogens (primary N) is 1. The molecule has 21 heavy (non-hydrogen) atoms. The minimum Gasteiger partial charge on any atom is -0.467 e. The predicted octanol–water partition coefficient (Wildman–Crippen LogP) is 2.90. The van der Waals surface area contributed by atoms with Crippen LogP contribution in [0.25, 0.3) is 0 Å². The van der Waals surface area contributed by atoms with Crippen molar-refractivity contribution in [2.75, 3.05) is 13.4 Å². The molecule has 0 unspecified atom stereocenters. The fourth-order valence-corrected chi connectivity index (χ4v) is 1.31. The van der Waals surface area contributed by atoms with Gasteiger partial charge in [0, 0.05) is 5.56 Å². The number of ether oxygens (including phenoxy) is 2. The Balaban J connectivity index is 2.84. The zero-order chi connectivity index (χ0) is 16.3. The fraction of sp³-hybridized carbons (Fsp3) is 0.364. The molecule has 0 saturated carbocycles. The largest absolute Gasteiger partial charge is 0.467 e. The van der Waals surface area contributed by atoms with E-state index in [1.54, 1.807) is 0 Å². The van der Waals surface area contributed by atoms with Crippen LogP contribution >= 0.6 is 0 Å². The number of alkyl halides is 6. The van der Waals surface area contributed by atoms with Crippen molar-refractivity contribution in [3.05, 3.63) is 29.3 Å². The lowest BCUT2D eigenvalue weighted by molar-refractivity contribution is -0.187. The van der Waals surface area contributed by atoms with Crippen molar-refractivity contribution < 1.29 is 35.8 Å². The zero-order valence-corrected chi connectivity index (χ0v) is 10.3. The molecule has 0 aliphatic carbocycles. The van der Waals surface area contributed by atoms with Gasteiger partial charge in [-0.1, -0.05) is 0 Å². The summed E-state index contributed by atoms with van der Waals surface area (Å²) in [6.07, 6.45) is -9.42. The molecule has 0 radical (unpaired) electrons. The summed E-state index contributed by atoms with van der Waals surface area (Å²) in [5.41, 5.74) is 3.62. The van der Waals surface area contributed by atoms with E-state index in [0.29, 0.717) is 6.07 Å². The van der Waals surface area contributed by atoms with Crippen molar-refractivity contribution in [2.45, 2.75) is 12.4 Å². The van der Waals surface area contributed by atoms with Gasteiger partial charge in [-0.05, 0) is 18.2 Å². The average Bonchev–Trinajstić information content (AvgIpc) is 2.32. The summed E-state index contributed by atoms with van der Waals surface area (Å²) in [6, 6.07) is 2.51. The fourth-order valence-electron chi connectivity index (χ4n) is 1.31. The summed E-state index contributed by atoms with van der Waals surface area (Å²) in [5.74, 6) is -1.30. The van der Waals surface area contributed by atoms with Gasteiger partial charge in [-0.25, -0.2) is 0 Å². The first-order valence-electron chi connectivity index (χ1n) is 5.33. The van der Waals surface area contributed by atoms with E-state index in [4.69, 9.17) is 11.1 Å². The van der Waals surface area contributed by atoms with Gasteiger partial charge in [-0.3, -0.25) is 5.41 Å². The number of halogens is 6. The van der Waals surface area contributed by atoms with Gasteiger partial charge in [-0.15, -0.1) is 0 Å². The number of hydrogen-bond donors (Lipinski definition) is 2. The smallest absolute Gasteiger partial charge is 0.419 e. The molecule has 0 fully saturated rings. The Morgan fingerprint density at radius 2 is 1.76 bits per heavy atom. The minimum absolute atomic E-state index is 0.189. The Morgan fingerprint density at radius 3 is 2.24 bits per heavy atom. The number of benzene rings is 1. The lowest BCUT2D eigenvalue weighted by Gasteiger charge is -2.15. The highest BCUT2D eigenvalue weighted by Crippen LogP contribution is 2.36. The summed E-state index contributed by atoms with van der Waals surface area (Å²) in [6.45, 7) is -2.64. The zero-order valence-electron chi connectivity index (χ0n) is 10.3. The van der Waals surface area contributed by atoms with Crippen LogP contribution in [0.5, 0.6) is 5.75 Å². The van der Waals surface area contributed by atoms with E-state index in [0.717, 1.165) is 12.1 Å². The van der Waals surface area contributed by atoms with Crippen LogP contribution in [0.15, 0.2) is 18.2 Å². The van der Waals surface area contributed by atoms with Gasteiger partial charge >= 0.3 is 12.4 Å². The first-order valence-corrected chi connectivity index (χ1v) is 5.33. The molecule has 0 saturated heterocycles. The van der Waals surface area contributed by atoms with Crippen molar-refractivity contribution in [3.63, 3.8) is 0 Å². The third-order valence-corrected chi connectivity index (χ3v) is 2.16. The average molecular weight is 316 g/mol. The summed E-state index contributed by atoms with van der Waals surface area (Å²) < 4.78 is 82.3. The van der Waals surface area contributed by atoms with Crippen LogP contribution in [-0.4, -0.2) is 25.4 Å². The summed E-state index contributed by atoms with van der Waals surface area (Å²) in [7, 11) is 0. The molecule has 0 aliphatic rings. The third kappa shape index (κ3) is 5.50. The van der Waals surface area contributed by atoms with Gasteiger partial charge < -0.3 is 15.2 Å². The molecule has 0 heterocycles. The van der Waals surface area contributed by atoms with Crippen LogP contribution in [0.3, 0.4) is 0 Å². The van der Waals surface area contributed by atoms with Crippen molar-refractivity contribution in [1.82, 2.24) is 0 Å². The molecule has 118 valence electrons. The Kier molecular flexibility index (Phi) is 5.05. The highest BCUT2D eigenvalue weighted by atomic mass is 19.4. The molecule has 0 amide bonds. The minimum atomic E-state index is -4.81. The molecule has 3 N–H and O–H groups in total. The Bertz CT molecular complexity index is 512. The van der Waals surface area contributed by atoms with Gasteiger partial charge in [0.15, 0.2) is 6.79 Å². The molecule has 4 nitrogen and oxygen atoms in total. The molecule has 10 heteroatoms. The predicted molar refractivity (Wildman–Crippen MR) is 60.0 cm³/mol. The van der Waals surface area contributed by atoms with Crippen molar-refractivity contribution in [1.29, 1.82) is 5.41 Å². The topological polar surface area (TPSA) is 68.3 Å². The van der Waals surface area contributed by atoms with Crippen LogP contribution in [0, 0.1) is 5.41 Å². The van der Waals surface area contributed by atoms with E-state index in [1.165, 1.54) is 0 Å². The van der Waals surface area contributed by atoms with Crippen LogP contribution in [-0.2, 0) is 10.9 Å². The Labute approximate surface area is 115 Å². The van der Waals surface area contributed by atoms with E-state index in [1.807, 2.05) is 0 Å². The van der Waals surface area contributed by atoms with Crippen LogP contribution in [0.4, 0.5) is 26.3 Å². The maximum Gasteiger partial charge on any atom is 0.419 e. The number of amidine groups is 1. The molecule has 0 aliphatic heterocycles. The molecule has 0 spiro atoms. The van der Waals surface area contributed by atoms with Crippen molar-refractivity contribution >= 4 is 5.84 Å². The second-order valence-corrected chi connectivity index (χ2v) is 3.85. The second-order valence-electron chi connectivity index (χ2n) is 3.85. The lowest BCUT2D eigenvalue weighted by Crippen LogP contribution is -2.20. The first kappa shape index (κ1) is 17.1. The van der Waals surface area contributed by atoms with Gasteiger partial charge in [0.25, 0.3) is 0 Å². The molecular weight excluding hydrogens is 306 g/mol. The maximum atomic E-state index is 12.8. The van der Waals surface area contributed by atoms with Crippen LogP contribution in [0.1, 0.15) is 11.1 Å². The molecule has 1 aromatic rings. The quantitative estimate of drug-likeness (QED) is 0.288. The van der Waals surface area contributed by atoms with Gasteiger partial charge in [-0.2, -0.15) is 26.3 Å². The highest BCUT2D eigenvalue weighted by molar-refractivity contribution is 5.95. The normalized spacial score (nSPS) is 12.3. The summed E-state index contributed by atoms with van der Waals surface area (Å²) in [5, 5.41) is 7.06. The maximum absolute atomic E-state index is 12.8. The van der Waals surface area contributed by atoms with E-state index in [2.05, 4.69) is 9.47 Å². The van der Waals surface area contributed by atoms with Gasteiger partial charge in [0.1, 0.15) is 18.2 Å². The second kappa shape index (κ2) is 6.20. The molecular formula is C11H10F6N2O2. The van der Waals surface area contributed by atoms with E-state index < -0.39 is 42.9 Å². The lowest BCUT2D eigenvalue weighted by atomic mass is 10.1. The highest BCUT2D eigenvalue weighted by Gasteiger charge is 2.35. The van der Waals surface area contributed by atoms with E-state index in [-0.39, 0.29) is 5.56 Å². The first-order chi connectivity index (χ1) is 9.50. The Morgan fingerprint density at radius 1 is 1.14 bits per heavy atom. The van der Waals surface area contributed by atoms with Crippen LogP contribution in [0.2, 0.25) is 0 Å². The monoisotopic (exact) mass is 316 g/mol. The van der Waals surface area contributed by atoms with Crippen molar-refractivity contribution in [2.24, 2.45) is 5.73 Å². The number of nitrogens with one attached hydrogen (secondary N) is 1. The number of hydrogen-bond acceptors (Lipinski definition) is 3. The van der Waals surface area contributed by atoms with Crippen LogP contribution < -0.4 is 10.5 Å². The van der Waals surface area contributed by atoms with E-state index in [9.17, 15) is 26.3 Å². The number of rotatable bonds is 5. The Hall–Kier alpha value is -1.97. The molecule has 1 aromatic carbocycles. The molecule has 1 rings (SSSR count). The van der Waals surface area contributed by atoms with Gasteiger partial charge in [0.2, 0.25) is 0 Å². The van der Waals surface area contributed by atoms with Gasteiger partial charge in [0.05, 0.1) is 5.56 Å². The van der Waals surface area contributed by atoms with Crippen molar-refractivity contribution in [3.8, 4) is 5.75 Å². The molecule has 0 aromatic heterocycles.